The van der Waals surface area contributed by atoms with E-state index < -0.39 is 0 Å². The number of hydrogen-bond donors (Lipinski definition) is 2. The summed E-state index contributed by atoms with van der Waals surface area (Å²) < 4.78 is 0. The van der Waals surface area contributed by atoms with Crippen molar-refractivity contribution in [3.05, 3.63) is 29.8 Å². The Kier molecular flexibility index (Phi) is 4.35. The van der Waals surface area contributed by atoms with Gasteiger partial charge in [-0.2, -0.15) is 0 Å². The van der Waals surface area contributed by atoms with Crippen LogP contribution in [0.15, 0.2) is 34.2 Å². The average Bonchev–Trinajstić information content (AvgIpc) is 2.73. The molecule has 0 bridgehead atoms. The normalized spacial score (nSPS) is 34.2. The molecule has 2 N–H and O–H groups in total. The Balaban J connectivity index is 1.73. The molecule has 1 aromatic rings. The van der Waals surface area contributed by atoms with E-state index in [2.05, 4.69) is 41.4 Å². The largest absolute Gasteiger partial charge is 0.393 e. The van der Waals surface area contributed by atoms with Crippen LogP contribution in [-0.4, -0.2) is 59.4 Å². The second-order valence-corrected chi connectivity index (χ2v) is 8.21. The van der Waals surface area contributed by atoms with Gasteiger partial charge >= 0.3 is 0 Å². The SMILES string of the molecule is CC1CC2N=C(N3CCNCC3)c3ccccc3SC2CC1O. The van der Waals surface area contributed by atoms with E-state index in [-0.39, 0.29) is 6.10 Å². The van der Waals surface area contributed by atoms with Crippen molar-refractivity contribution in [3.8, 4) is 0 Å². The number of amidine groups is 1. The van der Waals surface area contributed by atoms with E-state index in [1.807, 2.05) is 11.8 Å². The van der Waals surface area contributed by atoms with Crippen molar-refractivity contribution in [3.63, 3.8) is 0 Å². The minimum atomic E-state index is -0.188. The number of rotatable bonds is 0. The fraction of sp³-hybridized carbons (Fsp3) is 0.611. The first-order valence-electron chi connectivity index (χ1n) is 8.70. The number of thioether (sulfide) groups is 1. The maximum Gasteiger partial charge on any atom is 0.132 e. The molecule has 1 saturated heterocycles. The van der Waals surface area contributed by atoms with E-state index in [9.17, 15) is 5.11 Å². The van der Waals surface area contributed by atoms with E-state index in [0.717, 1.165) is 39.0 Å². The van der Waals surface area contributed by atoms with Crippen LogP contribution in [0.1, 0.15) is 25.3 Å². The van der Waals surface area contributed by atoms with Crippen molar-refractivity contribution in [1.29, 1.82) is 0 Å². The summed E-state index contributed by atoms with van der Waals surface area (Å²) >= 11 is 1.92. The summed E-state index contributed by atoms with van der Waals surface area (Å²) in [6, 6.07) is 8.97. The number of fused-ring (bicyclic) bond motifs is 2. The van der Waals surface area contributed by atoms with Crippen LogP contribution in [0.4, 0.5) is 0 Å². The molecule has 0 aromatic heterocycles. The number of benzene rings is 1. The summed E-state index contributed by atoms with van der Waals surface area (Å²) in [6.45, 7) is 6.25. The molecule has 0 amide bonds. The van der Waals surface area contributed by atoms with E-state index in [1.54, 1.807) is 0 Å². The molecule has 4 unspecified atom stereocenters. The quantitative estimate of drug-likeness (QED) is 0.763. The molecule has 2 fully saturated rings. The Bertz CT molecular complexity index is 600. The standard InChI is InChI=1S/C18H25N3OS/c1-12-10-14-17(11-15(12)22)23-16-5-3-2-4-13(16)18(20-14)21-8-6-19-7-9-21/h2-5,12,14-15,17,19,22H,6-11H2,1H3. The van der Waals surface area contributed by atoms with Crippen molar-refractivity contribution in [1.82, 2.24) is 10.2 Å². The predicted molar refractivity (Wildman–Crippen MR) is 95.3 cm³/mol. The van der Waals surface area contributed by atoms with Crippen LogP contribution in [0.2, 0.25) is 0 Å². The molecule has 4 nitrogen and oxygen atoms in total. The Labute approximate surface area is 142 Å². The molecule has 2 heterocycles. The van der Waals surface area contributed by atoms with Gasteiger partial charge in [-0.1, -0.05) is 25.1 Å². The van der Waals surface area contributed by atoms with Crippen LogP contribution in [0.25, 0.3) is 0 Å². The predicted octanol–water partition coefficient (Wildman–Crippen LogP) is 1.97. The molecule has 0 radical (unpaired) electrons. The van der Waals surface area contributed by atoms with E-state index >= 15 is 0 Å². The first kappa shape index (κ1) is 15.5. The Morgan fingerprint density at radius 3 is 2.83 bits per heavy atom. The van der Waals surface area contributed by atoms with Crippen molar-refractivity contribution < 1.29 is 5.11 Å². The Morgan fingerprint density at radius 2 is 2.00 bits per heavy atom. The lowest BCUT2D eigenvalue weighted by molar-refractivity contribution is 0.0754. The zero-order chi connectivity index (χ0) is 15.8. The van der Waals surface area contributed by atoms with E-state index in [0.29, 0.717) is 17.2 Å². The van der Waals surface area contributed by atoms with Crippen LogP contribution < -0.4 is 5.32 Å². The topological polar surface area (TPSA) is 47.9 Å². The molecule has 2 aliphatic heterocycles. The third-order valence-electron chi connectivity index (χ3n) is 5.28. The van der Waals surface area contributed by atoms with Gasteiger partial charge in [0, 0.05) is 41.9 Å². The molecule has 4 rings (SSSR count). The highest BCUT2D eigenvalue weighted by Crippen LogP contribution is 2.41. The van der Waals surface area contributed by atoms with Crippen molar-refractivity contribution in [2.75, 3.05) is 26.2 Å². The van der Waals surface area contributed by atoms with Crippen LogP contribution in [0.3, 0.4) is 0 Å². The highest BCUT2D eigenvalue weighted by Gasteiger charge is 2.37. The van der Waals surface area contributed by atoms with Gasteiger partial charge in [-0.25, -0.2) is 0 Å². The monoisotopic (exact) mass is 331 g/mol. The van der Waals surface area contributed by atoms with Crippen LogP contribution in [-0.2, 0) is 0 Å². The van der Waals surface area contributed by atoms with Crippen LogP contribution in [0.5, 0.6) is 0 Å². The first-order valence-corrected chi connectivity index (χ1v) is 9.58. The molecular formula is C18H25N3OS. The summed E-state index contributed by atoms with van der Waals surface area (Å²) in [4.78, 5) is 8.99. The number of hydrogen-bond acceptors (Lipinski definition) is 5. The van der Waals surface area contributed by atoms with Crippen molar-refractivity contribution in [2.45, 2.75) is 42.1 Å². The molecule has 3 aliphatic rings. The fourth-order valence-electron chi connectivity index (χ4n) is 3.85. The zero-order valence-electron chi connectivity index (χ0n) is 13.6. The van der Waals surface area contributed by atoms with Crippen LogP contribution in [0, 0.1) is 5.92 Å². The van der Waals surface area contributed by atoms with E-state index in [1.165, 1.54) is 16.3 Å². The summed E-state index contributed by atoms with van der Waals surface area (Å²) in [5.74, 6) is 1.51. The Morgan fingerprint density at radius 1 is 1.22 bits per heavy atom. The average molecular weight is 331 g/mol. The minimum absolute atomic E-state index is 0.188. The maximum absolute atomic E-state index is 10.3. The number of piperazine rings is 1. The van der Waals surface area contributed by atoms with Crippen LogP contribution >= 0.6 is 11.8 Å². The van der Waals surface area contributed by atoms with Gasteiger partial charge in [-0.15, -0.1) is 11.8 Å². The lowest BCUT2D eigenvalue weighted by Crippen LogP contribution is -2.47. The lowest BCUT2D eigenvalue weighted by atomic mass is 9.84. The second-order valence-electron chi connectivity index (χ2n) is 6.93. The zero-order valence-corrected chi connectivity index (χ0v) is 14.4. The summed E-state index contributed by atoms with van der Waals surface area (Å²) in [6.07, 6.45) is 1.65. The van der Waals surface area contributed by atoms with Gasteiger partial charge in [-0.3, -0.25) is 4.99 Å². The number of nitrogens with one attached hydrogen (secondary N) is 1. The van der Waals surface area contributed by atoms with Gasteiger partial charge in [0.1, 0.15) is 5.84 Å². The molecule has 124 valence electrons. The molecule has 23 heavy (non-hydrogen) atoms. The van der Waals surface area contributed by atoms with E-state index in [4.69, 9.17) is 4.99 Å². The molecule has 1 aromatic carbocycles. The first-order chi connectivity index (χ1) is 11.2. The minimum Gasteiger partial charge on any atom is -0.393 e. The highest BCUT2D eigenvalue weighted by atomic mass is 32.2. The highest BCUT2D eigenvalue weighted by molar-refractivity contribution is 8.00. The molecular weight excluding hydrogens is 306 g/mol. The molecule has 1 aliphatic carbocycles. The molecule has 5 heteroatoms. The van der Waals surface area contributed by atoms with Gasteiger partial charge in [0.25, 0.3) is 0 Å². The number of aliphatic imine (C=N–C) groups is 1. The summed E-state index contributed by atoms with van der Waals surface area (Å²) in [7, 11) is 0. The third kappa shape index (κ3) is 3.02. The molecule has 0 spiro atoms. The maximum atomic E-state index is 10.3. The lowest BCUT2D eigenvalue weighted by Gasteiger charge is -2.35. The molecule has 1 saturated carbocycles. The number of nitrogens with zero attached hydrogens (tertiary/aromatic N) is 2. The smallest absolute Gasteiger partial charge is 0.132 e. The van der Waals surface area contributed by atoms with Gasteiger partial charge in [0.15, 0.2) is 0 Å². The number of aliphatic hydroxyl groups excluding tert-OH is 1. The summed E-state index contributed by atoms with van der Waals surface area (Å²) in [5, 5.41) is 14.1. The van der Waals surface area contributed by atoms with Gasteiger partial charge in [0.05, 0.1) is 12.1 Å². The second kappa shape index (κ2) is 6.46. The fourth-order valence-corrected chi connectivity index (χ4v) is 5.24. The third-order valence-corrected chi connectivity index (χ3v) is 6.70. The van der Waals surface area contributed by atoms with Crippen molar-refractivity contribution in [2.24, 2.45) is 10.9 Å². The summed E-state index contributed by atoms with van der Waals surface area (Å²) in [5.41, 5.74) is 1.27. The Hall–Kier alpha value is -1.04. The van der Waals surface area contributed by atoms with Gasteiger partial charge in [0.2, 0.25) is 0 Å². The van der Waals surface area contributed by atoms with Crippen molar-refractivity contribution >= 4 is 17.6 Å². The van der Waals surface area contributed by atoms with Gasteiger partial charge < -0.3 is 15.3 Å². The number of aliphatic hydroxyl groups is 1. The molecule has 4 atom stereocenters. The van der Waals surface area contributed by atoms with Gasteiger partial charge in [-0.05, 0) is 24.8 Å².